The fourth-order valence-corrected chi connectivity index (χ4v) is 3.16. The summed E-state index contributed by atoms with van der Waals surface area (Å²) in [4.78, 5) is 24.1. The zero-order chi connectivity index (χ0) is 18.7. The molecule has 0 spiro atoms. The highest BCUT2D eigenvalue weighted by atomic mass is 19.1. The number of anilines is 1. The summed E-state index contributed by atoms with van der Waals surface area (Å²) in [5.41, 5.74) is 7.32. The first-order valence-corrected chi connectivity index (χ1v) is 8.54. The molecule has 1 aliphatic heterocycles. The summed E-state index contributed by atoms with van der Waals surface area (Å²) in [6.45, 7) is 2.60. The maximum absolute atomic E-state index is 13.6. The Labute approximate surface area is 151 Å². The molecule has 2 aromatic carbocycles. The number of carbonyl (C=O) groups excluding carboxylic acids is 2. The Morgan fingerprint density at radius 3 is 2.62 bits per heavy atom. The molecule has 5 nitrogen and oxygen atoms in total. The second kappa shape index (κ2) is 7.66. The SMILES string of the molecule is Cc1ccc([C@@H]2OCCC[C@H]2C(=O)Nc2ccc(F)c(C(N)=O)c2)cc1. The van der Waals surface area contributed by atoms with Gasteiger partial charge >= 0.3 is 0 Å². The molecule has 0 aliphatic carbocycles. The number of carbonyl (C=O) groups is 2. The Bertz CT molecular complexity index is 820. The summed E-state index contributed by atoms with van der Waals surface area (Å²) >= 11 is 0. The van der Waals surface area contributed by atoms with Crippen molar-refractivity contribution in [1.29, 1.82) is 0 Å². The van der Waals surface area contributed by atoms with Crippen molar-refractivity contribution in [2.24, 2.45) is 11.7 Å². The van der Waals surface area contributed by atoms with Gasteiger partial charge in [0.15, 0.2) is 0 Å². The summed E-state index contributed by atoms with van der Waals surface area (Å²) in [5, 5.41) is 2.75. The smallest absolute Gasteiger partial charge is 0.251 e. The minimum absolute atomic E-state index is 0.225. The number of nitrogens with two attached hydrogens (primary N) is 1. The Morgan fingerprint density at radius 2 is 1.92 bits per heavy atom. The Balaban J connectivity index is 1.80. The van der Waals surface area contributed by atoms with E-state index in [4.69, 9.17) is 10.5 Å². The third-order valence-electron chi connectivity index (χ3n) is 4.56. The molecule has 0 radical (unpaired) electrons. The van der Waals surface area contributed by atoms with Crippen molar-refractivity contribution in [3.05, 3.63) is 65.0 Å². The number of aryl methyl sites for hydroxylation is 1. The van der Waals surface area contributed by atoms with Gasteiger partial charge in [-0.2, -0.15) is 0 Å². The first-order chi connectivity index (χ1) is 12.5. The van der Waals surface area contributed by atoms with Crippen molar-refractivity contribution in [3.8, 4) is 0 Å². The first kappa shape index (κ1) is 18.1. The van der Waals surface area contributed by atoms with Crippen LogP contribution in [0.1, 0.15) is 40.4 Å². The van der Waals surface area contributed by atoms with Crippen molar-refractivity contribution < 1.29 is 18.7 Å². The molecule has 3 N–H and O–H groups in total. The summed E-state index contributed by atoms with van der Waals surface area (Å²) in [7, 11) is 0. The van der Waals surface area contributed by atoms with E-state index in [0.717, 1.165) is 23.6 Å². The summed E-state index contributed by atoms with van der Waals surface area (Å²) in [6, 6.07) is 11.7. The average Bonchev–Trinajstić information content (AvgIpc) is 2.63. The highest BCUT2D eigenvalue weighted by Gasteiger charge is 2.33. The fourth-order valence-electron chi connectivity index (χ4n) is 3.16. The lowest BCUT2D eigenvalue weighted by atomic mass is 9.88. The van der Waals surface area contributed by atoms with Gasteiger partial charge in [-0.15, -0.1) is 0 Å². The Hall–Kier alpha value is -2.73. The second-order valence-corrected chi connectivity index (χ2v) is 6.50. The molecule has 1 aliphatic rings. The molecule has 0 aromatic heterocycles. The number of primary amides is 1. The summed E-state index contributed by atoms with van der Waals surface area (Å²) in [6.07, 6.45) is 1.14. The lowest BCUT2D eigenvalue weighted by Gasteiger charge is -2.31. The maximum atomic E-state index is 13.6. The maximum Gasteiger partial charge on any atom is 0.251 e. The number of hydrogen-bond donors (Lipinski definition) is 2. The Morgan fingerprint density at radius 1 is 1.19 bits per heavy atom. The van der Waals surface area contributed by atoms with Crippen LogP contribution in [0.25, 0.3) is 0 Å². The number of rotatable bonds is 4. The number of benzene rings is 2. The molecule has 1 saturated heterocycles. The highest BCUT2D eigenvalue weighted by molar-refractivity contribution is 5.97. The third-order valence-corrected chi connectivity index (χ3v) is 4.56. The normalized spacial score (nSPS) is 19.8. The predicted octanol–water partition coefficient (Wildman–Crippen LogP) is 3.34. The second-order valence-electron chi connectivity index (χ2n) is 6.50. The number of amides is 2. The zero-order valence-corrected chi connectivity index (χ0v) is 14.5. The quantitative estimate of drug-likeness (QED) is 0.881. The molecule has 2 amide bonds. The molecule has 6 heteroatoms. The van der Waals surface area contributed by atoms with Gasteiger partial charge in [-0.3, -0.25) is 9.59 Å². The minimum Gasteiger partial charge on any atom is -0.373 e. The standard InChI is InChI=1S/C20H21FN2O3/c1-12-4-6-13(7-5-12)18-15(3-2-10-26-18)20(25)23-14-8-9-17(21)16(11-14)19(22)24/h4-9,11,15,18H,2-3,10H2,1H3,(H2,22,24)(H,23,25)/t15-,18+/m1/s1. The third kappa shape index (κ3) is 3.91. The molecule has 26 heavy (non-hydrogen) atoms. The van der Waals surface area contributed by atoms with Gasteiger partial charge in [0.2, 0.25) is 5.91 Å². The van der Waals surface area contributed by atoms with Crippen LogP contribution in [0.2, 0.25) is 0 Å². The van der Waals surface area contributed by atoms with Crippen LogP contribution >= 0.6 is 0 Å². The van der Waals surface area contributed by atoms with E-state index in [1.54, 1.807) is 0 Å². The van der Waals surface area contributed by atoms with Gasteiger partial charge < -0.3 is 15.8 Å². The number of nitrogens with one attached hydrogen (secondary N) is 1. The monoisotopic (exact) mass is 356 g/mol. The topological polar surface area (TPSA) is 81.4 Å². The van der Waals surface area contributed by atoms with Crippen LogP contribution in [0.5, 0.6) is 0 Å². The molecule has 1 fully saturated rings. The fraction of sp³-hybridized carbons (Fsp3) is 0.300. The molecule has 1 heterocycles. The van der Waals surface area contributed by atoms with Crippen molar-refractivity contribution in [1.82, 2.24) is 0 Å². The lowest BCUT2D eigenvalue weighted by Crippen LogP contribution is -2.33. The van der Waals surface area contributed by atoms with E-state index in [1.165, 1.54) is 12.1 Å². The van der Waals surface area contributed by atoms with E-state index in [0.29, 0.717) is 18.7 Å². The van der Waals surface area contributed by atoms with E-state index in [9.17, 15) is 14.0 Å². The predicted molar refractivity (Wildman–Crippen MR) is 96.1 cm³/mol. The molecule has 136 valence electrons. The molecule has 2 atom stereocenters. The van der Waals surface area contributed by atoms with Crippen molar-refractivity contribution in [3.63, 3.8) is 0 Å². The molecule has 0 bridgehead atoms. The van der Waals surface area contributed by atoms with E-state index in [-0.39, 0.29) is 23.5 Å². The van der Waals surface area contributed by atoms with Gasteiger partial charge in [-0.05, 0) is 43.5 Å². The highest BCUT2D eigenvalue weighted by Crippen LogP contribution is 2.34. The largest absolute Gasteiger partial charge is 0.373 e. The summed E-state index contributed by atoms with van der Waals surface area (Å²) < 4.78 is 19.5. The van der Waals surface area contributed by atoms with Crippen LogP contribution in [0.4, 0.5) is 10.1 Å². The molecule has 2 aromatic rings. The van der Waals surface area contributed by atoms with Gasteiger partial charge in [-0.1, -0.05) is 29.8 Å². The minimum atomic E-state index is -0.878. The van der Waals surface area contributed by atoms with Crippen molar-refractivity contribution in [2.45, 2.75) is 25.9 Å². The Kier molecular flexibility index (Phi) is 5.32. The molecule has 3 rings (SSSR count). The van der Waals surface area contributed by atoms with Gasteiger partial charge in [0.25, 0.3) is 5.91 Å². The van der Waals surface area contributed by atoms with E-state index >= 15 is 0 Å². The van der Waals surface area contributed by atoms with Gasteiger partial charge in [0.05, 0.1) is 17.6 Å². The van der Waals surface area contributed by atoms with Crippen LogP contribution in [-0.4, -0.2) is 18.4 Å². The summed E-state index contributed by atoms with van der Waals surface area (Å²) in [5.74, 6) is -2.18. The average molecular weight is 356 g/mol. The van der Waals surface area contributed by atoms with Gasteiger partial charge in [0.1, 0.15) is 5.82 Å². The van der Waals surface area contributed by atoms with Crippen LogP contribution in [0.15, 0.2) is 42.5 Å². The van der Waals surface area contributed by atoms with E-state index in [2.05, 4.69) is 5.32 Å². The van der Waals surface area contributed by atoms with Crippen molar-refractivity contribution >= 4 is 17.5 Å². The van der Waals surface area contributed by atoms with E-state index < -0.39 is 11.7 Å². The van der Waals surface area contributed by atoms with E-state index in [1.807, 2.05) is 31.2 Å². The number of hydrogen-bond acceptors (Lipinski definition) is 3. The van der Waals surface area contributed by atoms with Crippen LogP contribution in [0, 0.1) is 18.7 Å². The first-order valence-electron chi connectivity index (χ1n) is 8.54. The van der Waals surface area contributed by atoms with Crippen molar-refractivity contribution in [2.75, 3.05) is 11.9 Å². The van der Waals surface area contributed by atoms with Gasteiger partial charge in [-0.25, -0.2) is 4.39 Å². The lowest BCUT2D eigenvalue weighted by molar-refractivity contribution is -0.129. The van der Waals surface area contributed by atoms with Crippen LogP contribution < -0.4 is 11.1 Å². The molecular formula is C20H21FN2O3. The molecule has 0 saturated carbocycles. The van der Waals surface area contributed by atoms with Crippen LogP contribution in [0.3, 0.4) is 0 Å². The van der Waals surface area contributed by atoms with Crippen LogP contribution in [-0.2, 0) is 9.53 Å². The molecular weight excluding hydrogens is 335 g/mol. The number of halogens is 1. The number of ether oxygens (including phenoxy) is 1. The molecule has 0 unspecified atom stereocenters. The van der Waals surface area contributed by atoms with Gasteiger partial charge in [0, 0.05) is 12.3 Å². The zero-order valence-electron chi connectivity index (χ0n) is 14.5.